The van der Waals surface area contributed by atoms with E-state index in [1.807, 2.05) is 24.3 Å². The van der Waals surface area contributed by atoms with E-state index in [1.165, 1.54) is 0 Å². The molecule has 3 nitrogen and oxygen atoms in total. The zero-order chi connectivity index (χ0) is 18.1. The largest absolute Gasteiger partial charge is 0.507 e. The number of benzene rings is 2. The molecule has 0 aliphatic carbocycles. The number of rotatable bonds is 2. The van der Waals surface area contributed by atoms with E-state index in [0.29, 0.717) is 5.75 Å². The van der Waals surface area contributed by atoms with E-state index in [4.69, 9.17) is 4.74 Å². The Morgan fingerprint density at radius 3 is 2.12 bits per heavy atom. The van der Waals surface area contributed by atoms with E-state index in [2.05, 4.69) is 41.5 Å². The van der Waals surface area contributed by atoms with Gasteiger partial charge >= 0.3 is 5.97 Å². The Bertz CT molecular complexity index is 746. The number of esters is 1. The summed E-state index contributed by atoms with van der Waals surface area (Å²) < 4.78 is 5.61. The molecule has 0 amide bonds. The molecular weight excluding hydrogens is 300 g/mol. The lowest BCUT2D eigenvalue weighted by atomic mass is 9.86. The monoisotopic (exact) mass is 326 g/mol. The summed E-state index contributed by atoms with van der Waals surface area (Å²) in [5.41, 5.74) is 1.84. The van der Waals surface area contributed by atoms with Crippen LogP contribution in [0.4, 0.5) is 0 Å². The van der Waals surface area contributed by atoms with Crippen LogP contribution in [0.25, 0.3) is 0 Å². The molecule has 0 spiro atoms. The molecule has 1 N–H and O–H groups in total. The topological polar surface area (TPSA) is 46.5 Å². The summed E-state index contributed by atoms with van der Waals surface area (Å²) in [5, 5.41) is 10.1. The van der Waals surface area contributed by atoms with Crippen molar-refractivity contribution in [3.63, 3.8) is 0 Å². The number of carbonyl (C=O) groups is 1. The SMILES string of the molecule is CC(C)(C)c1ccc(O)c(C(=O)Oc2ccccc2C(C)(C)C)c1. The van der Waals surface area contributed by atoms with E-state index < -0.39 is 5.97 Å². The van der Waals surface area contributed by atoms with Gasteiger partial charge in [-0.3, -0.25) is 0 Å². The molecule has 0 aromatic heterocycles. The highest BCUT2D eigenvalue weighted by Crippen LogP contribution is 2.33. The maximum Gasteiger partial charge on any atom is 0.347 e. The summed E-state index contributed by atoms with van der Waals surface area (Å²) in [4.78, 5) is 12.6. The lowest BCUT2D eigenvalue weighted by molar-refractivity contribution is 0.0728. The maximum absolute atomic E-state index is 12.6. The number of aromatic hydroxyl groups is 1. The molecule has 0 bridgehead atoms. The van der Waals surface area contributed by atoms with E-state index in [1.54, 1.807) is 18.2 Å². The van der Waals surface area contributed by atoms with Crippen molar-refractivity contribution in [1.29, 1.82) is 0 Å². The van der Waals surface area contributed by atoms with Gasteiger partial charge in [-0.25, -0.2) is 4.79 Å². The predicted molar refractivity (Wildman–Crippen MR) is 96.9 cm³/mol. The van der Waals surface area contributed by atoms with Gasteiger partial charge in [0, 0.05) is 5.56 Å². The number of hydrogen-bond donors (Lipinski definition) is 1. The Labute approximate surface area is 144 Å². The van der Waals surface area contributed by atoms with Crippen molar-refractivity contribution >= 4 is 5.97 Å². The molecule has 0 aliphatic heterocycles. The molecule has 2 aromatic rings. The van der Waals surface area contributed by atoms with E-state index in [9.17, 15) is 9.90 Å². The van der Waals surface area contributed by atoms with Crippen molar-refractivity contribution in [1.82, 2.24) is 0 Å². The Hall–Kier alpha value is -2.29. The van der Waals surface area contributed by atoms with Gasteiger partial charge < -0.3 is 9.84 Å². The Morgan fingerprint density at radius 1 is 0.917 bits per heavy atom. The van der Waals surface area contributed by atoms with Gasteiger partial charge in [0.1, 0.15) is 17.1 Å². The second-order valence-electron chi connectivity index (χ2n) is 8.12. The van der Waals surface area contributed by atoms with Gasteiger partial charge in [0.15, 0.2) is 0 Å². The zero-order valence-electron chi connectivity index (χ0n) is 15.3. The quantitative estimate of drug-likeness (QED) is 0.609. The van der Waals surface area contributed by atoms with Gasteiger partial charge in [0.05, 0.1) is 0 Å². The fraction of sp³-hybridized carbons (Fsp3) is 0.381. The summed E-state index contributed by atoms with van der Waals surface area (Å²) in [6.07, 6.45) is 0. The summed E-state index contributed by atoms with van der Waals surface area (Å²) in [5.74, 6) is -0.0906. The Morgan fingerprint density at radius 2 is 1.54 bits per heavy atom. The molecule has 0 fully saturated rings. The predicted octanol–water partition coefficient (Wildman–Crippen LogP) is 5.21. The second kappa shape index (κ2) is 6.31. The van der Waals surface area contributed by atoms with Crippen LogP contribution >= 0.6 is 0 Å². The second-order valence-corrected chi connectivity index (χ2v) is 8.12. The summed E-state index contributed by atoms with van der Waals surface area (Å²) in [6.45, 7) is 12.4. The third kappa shape index (κ3) is 3.97. The normalized spacial score (nSPS) is 12.1. The number of phenols is 1. The molecule has 0 aliphatic rings. The smallest absolute Gasteiger partial charge is 0.347 e. The minimum Gasteiger partial charge on any atom is -0.507 e. The highest BCUT2D eigenvalue weighted by Gasteiger charge is 2.23. The zero-order valence-corrected chi connectivity index (χ0v) is 15.3. The number of carbonyl (C=O) groups excluding carboxylic acids is 1. The van der Waals surface area contributed by atoms with Crippen LogP contribution in [-0.4, -0.2) is 11.1 Å². The molecule has 0 saturated carbocycles. The first kappa shape index (κ1) is 18.1. The molecule has 0 unspecified atom stereocenters. The van der Waals surface area contributed by atoms with Crippen LogP contribution in [0.3, 0.4) is 0 Å². The first-order valence-electron chi connectivity index (χ1n) is 8.15. The molecule has 0 saturated heterocycles. The number of para-hydroxylation sites is 1. The minimum absolute atomic E-state index is 0.0683. The van der Waals surface area contributed by atoms with Gasteiger partial charge in [-0.2, -0.15) is 0 Å². The van der Waals surface area contributed by atoms with Crippen molar-refractivity contribution in [3.8, 4) is 11.5 Å². The highest BCUT2D eigenvalue weighted by atomic mass is 16.5. The van der Waals surface area contributed by atoms with Crippen LogP contribution in [0.2, 0.25) is 0 Å². The first-order valence-corrected chi connectivity index (χ1v) is 8.15. The Balaban J connectivity index is 2.39. The van der Waals surface area contributed by atoms with Crippen LogP contribution in [-0.2, 0) is 10.8 Å². The van der Waals surface area contributed by atoms with E-state index in [-0.39, 0.29) is 22.1 Å². The van der Waals surface area contributed by atoms with Crippen LogP contribution < -0.4 is 4.74 Å². The first-order chi connectivity index (χ1) is 11.0. The lowest BCUT2D eigenvalue weighted by Gasteiger charge is -2.22. The van der Waals surface area contributed by atoms with Gasteiger partial charge in [-0.1, -0.05) is 65.8 Å². The van der Waals surface area contributed by atoms with Crippen molar-refractivity contribution < 1.29 is 14.6 Å². The van der Waals surface area contributed by atoms with Crippen molar-refractivity contribution in [2.75, 3.05) is 0 Å². The van der Waals surface area contributed by atoms with E-state index >= 15 is 0 Å². The van der Waals surface area contributed by atoms with Crippen LogP contribution in [0.1, 0.15) is 63.0 Å². The molecule has 24 heavy (non-hydrogen) atoms. The Kier molecular flexibility index (Phi) is 4.75. The fourth-order valence-electron chi connectivity index (χ4n) is 2.50. The van der Waals surface area contributed by atoms with Crippen LogP contribution in [0.5, 0.6) is 11.5 Å². The summed E-state index contributed by atoms with van der Waals surface area (Å²) in [7, 11) is 0. The molecular formula is C21H26O3. The number of phenolic OH excluding ortho intramolecular Hbond substituents is 1. The molecule has 2 aromatic carbocycles. The van der Waals surface area contributed by atoms with Crippen LogP contribution in [0, 0.1) is 0 Å². The van der Waals surface area contributed by atoms with Gasteiger partial charge in [-0.15, -0.1) is 0 Å². The molecule has 2 rings (SSSR count). The van der Waals surface area contributed by atoms with E-state index in [0.717, 1.165) is 11.1 Å². The summed E-state index contributed by atoms with van der Waals surface area (Å²) >= 11 is 0. The van der Waals surface area contributed by atoms with Crippen molar-refractivity contribution in [3.05, 3.63) is 59.2 Å². The van der Waals surface area contributed by atoms with Crippen molar-refractivity contribution in [2.24, 2.45) is 0 Å². The molecule has 3 heteroatoms. The average Bonchev–Trinajstić information content (AvgIpc) is 2.45. The standard InChI is InChI=1S/C21H26O3/c1-20(2,3)14-11-12-17(22)15(13-14)19(23)24-18-10-8-7-9-16(18)21(4,5)6/h7-13,22H,1-6H3. The third-order valence-electron chi connectivity index (χ3n) is 3.98. The third-order valence-corrected chi connectivity index (χ3v) is 3.98. The number of ether oxygens (including phenoxy) is 1. The number of hydrogen-bond acceptors (Lipinski definition) is 3. The highest BCUT2D eigenvalue weighted by molar-refractivity contribution is 5.94. The molecule has 0 radical (unpaired) electrons. The fourth-order valence-corrected chi connectivity index (χ4v) is 2.50. The summed E-state index contributed by atoms with van der Waals surface area (Å²) in [6, 6.07) is 12.6. The molecule has 0 atom stereocenters. The van der Waals surface area contributed by atoms with Crippen molar-refractivity contribution in [2.45, 2.75) is 52.4 Å². The average molecular weight is 326 g/mol. The lowest BCUT2D eigenvalue weighted by Crippen LogP contribution is -2.17. The van der Waals surface area contributed by atoms with Crippen LogP contribution in [0.15, 0.2) is 42.5 Å². The molecule has 128 valence electrons. The molecule has 0 heterocycles. The van der Waals surface area contributed by atoms with Gasteiger partial charge in [-0.05, 0) is 34.6 Å². The van der Waals surface area contributed by atoms with Gasteiger partial charge in [0.25, 0.3) is 0 Å². The van der Waals surface area contributed by atoms with Gasteiger partial charge in [0.2, 0.25) is 0 Å². The minimum atomic E-state index is -0.546. The maximum atomic E-state index is 12.6.